The Hall–Kier alpha value is -4.24. The molecule has 1 aliphatic heterocycles. The maximum Gasteiger partial charge on any atom is 0.339 e. The van der Waals surface area contributed by atoms with Crippen molar-refractivity contribution in [3.8, 4) is 11.5 Å². The number of aliphatic hydroxyl groups excluding tert-OH is 1. The molecule has 0 radical (unpaired) electrons. The van der Waals surface area contributed by atoms with E-state index in [1.807, 2.05) is 62.4 Å². The van der Waals surface area contributed by atoms with Crippen LogP contribution < -0.4 is 10.6 Å². The van der Waals surface area contributed by atoms with Gasteiger partial charge in [0.1, 0.15) is 11.4 Å². The van der Waals surface area contributed by atoms with Crippen LogP contribution in [0.5, 0.6) is 0 Å². The molecule has 2 aliphatic rings. The lowest BCUT2D eigenvalue weighted by atomic mass is 9.95. The summed E-state index contributed by atoms with van der Waals surface area (Å²) >= 11 is 0. The smallest absolute Gasteiger partial charge is 0.339 e. The third-order valence-corrected chi connectivity index (χ3v) is 6.74. The summed E-state index contributed by atoms with van der Waals surface area (Å²) in [7, 11) is 0. The number of nitrogens with zero attached hydrogens (tertiary/aromatic N) is 3. The number of aliphatic hydroxyl groups is 1. The van der Waals surface area contributed by atoms with E-state index in [1.165, 1.54) is 0 Å². The molecule has 1 unspecified atom stereocenters. The first-order valence-electron chi connectivity index (χ1n) is 12.3. The zero-order valence-electron chi connectivity index (χ0n) is 20.6. The number of pyridine rings is 1. The molecule has 9 heteroatoms. The topological polar surface area (TPSA) is 122 Å². The molecule has 1 saturated carbocycles. The summed E-state index contributed by atoms with van der Waals surface area (Å²) in [5, 5.41) is 21.1. The van der Waals surface area contributed by atoms with E-state index in [1.54, 1.807) is 12.3 Å². The lowest BCUT2D eigenvalue weighted by Crippen LogP contribution is -2.16. The molecule has 188 valence electrons. The van der Waals surface area contributed by atoms with Gasteiger partial charge in [-0.3, -0.25) is 0 Å². The molecular weight excluding hydrogens is 470 g/mol. The minimum atomic E-state index is -0.699. The second kappa shape index (κ2) is 9.01. The maximum absolute atomic E-state index is 12.2. The second-order valence-electron chi connectivity index (χ2n) is 9.92. The first-order valence-corrected chi connectivity index (χ1v) is 12.3. The van der Waals surface area contributed by atoms with E-state index in [9.17, 15) is 9.90 Å². The zero-order chi connectivity index (χ0) is 25.6. The number of esters is 1. The molecule has 6 rings (SSSR count). The maximum atomic E-state index is 12.2. The van der Waals surface area contributed by atoms with E-state index in [-0.39, 0.29) is 18.6 Å². The molecule has 0 bridgehead atoms. The van der Waals surface area contributed by atoms with Crippen molar-refractivity contribution >= 4 is 23.2 Å². The number of hydrogen-bond acceptors (Lipinski definition) is 9. The predicted octanol–water partition coefficient (Wildman–Crippen LogP) is 5.30. The Balaban J connectivity index is 1.35. The largest absolute Gasteiger partial charge is 0.451 e. The lowest BCUT2D eigenvalue weighted by molar-refractivity contribution is 0.00954. The van der Waals surface area contributed by atoms with Gasteiger partial charge in [0.15, 0.2) is 5.82 Å². The fraction of sp³-hybridized carbons (Fsp3) is 0.286. The van der Waals surface area contributed by atoms with Crippen LogP contribution in [0, 0.1) is 0 Å². The quantitative estimate of drug-likeness (QED) is 0.278. The number of aromatic nitrogens is 3. The van der Waals surface area contributed by atoms with Gasteiger partial charge < -0.3 is 25.0 Å². The molecule has 4 aromatic rings. The molecule has 3 N–H and O–H groups in total. The van der Waals surface area contributed by atoms with Gasteiger partial charge in [-0.25, -0.2) is 9.78 Å². The van der Waals surface area contributed by atoms with Gasteiger partial charge >= 0.3 is 5.97 Å². The monoisotopic (exact) mass is 497 g/mol. The van der Waals surface area contributed by atoms with Crippen LogP contribution in [-0.4, -0.2) is 32.8 Å². The van der Waals surface area contributed by atoms with Gasteiger partial charge in [-0.2, -0.15) is 4.98 Å². The summed E-state index contributed by atoms with van der Waals surface area (Å²) in [6.07, 6.45) is 3.82. The van der Waals surface area contributed by atoms with Gasteiger partial charge in [0.05, 0.1) is 29.5 Å². The van der Waals surface area contributed by atoms with Crippen LogP contribution in [-0.2, 0) is 10.3 Å². The van der Waals surface area contributed by atoms with Gasteiger partial charge in [-0.15, -0.1) is 0 Å². The Morgan fingerprint density at radius 2 is 1.92 bits per heavy atom. The minimum Gasteiger partial charge on any atom is -0.451 e. The van der Waals surface area contributed by atoms with Gasteiger partial charge in [-0.1, -0.05) is 35.5 Å². The van der Waals surface area contributed by atoms with E-state index in [2.05, 4.69) is 25.8 Å². The number of ether oxygens (including phenoxy) is 1. The van der Waals surface area contributed by atoms with Crippen LogP contribution in [0.4, 0.5) is 17.2 Å². The summed E-state index contributed by atoms with van der Waals surface area (Å²) in [4.78, 5) is 21.4. The molecule has 1 aliphatic carbocycles. The molecule has 1 fully saturated rings. The zero-order valence-corrected chi connectivity index (χ0v) is 20.6. The minimum absolute atomic E-state index is 0.111. The molecule has 2 aromatic carbocycles. The number of carbonyl (C=O) groups is 1. The normalized spacial score (nSPS) is 16.7. The first kappa shape index (κ1) is 23.2. The molecule has 2 aromatic heterocycles. The Bertz CT molecular complexity index is 1460. The molecular formula is C28H27N5O4. The van der Waals surface area contributed by atoms with Crippen molar-refractivity contribution in [2.75, 3.05) is 17.2 Å². The van der Waals surface area contributed by atoms with Crippen LogP contribution >= 0.6 is 0 Å². The standard InChI is InChI=1S/C28H27N5O4/c1-28(2)21-12-18(10-11-19(21)27(35)36-28)30-24-13-22(31-23(15-34)16-6-4-3-5-7-16)20(14-29-24)26-32-25(33-37-26)17-8-9-17/h3-7,10-14,17,23,34H,8-9,15H2,1-2H3,(H2,29,30,31). The van der Waals surface area contributed by atoms with Crippen molar-refractivity contribution in [2.24, 2.45) is 0 Å². The Morgan fingerprint density at radius 3 is 2.68 bits per heavy atom. The van der Waals surface area contributed by atoms with E-state index >= 15 is 0 Å². The summed E-state index contributed by atoms with van der Waals surface area (Å²) in [6.45, 7) is 3.63. The molecule has 1 atom stereocenters. The molecule has 37 heavy (non-hydrogen) atoms. The number of hydrogen-bond donors (Lipinski definition) is 3. The van der Waals surface area contributed by atoms with Gasteiger partial charge in [0, 0.05) is 29.4 Å². The molecule has 0 saturated heterocycles. The summed E-state index contributed by atoms with van der Waals surface area (Å²) < 4.78 is 11.1. The Morgan fingerprint density at radius 1 is 1.11 bits per heavy atom. The van der Waals surface area contributed by atoms with E-state index < -0.39 is 5.60 Å². The van der Waals surface area contributed by atoms with E-state index in [0.717, 1.165) is 29.7 Å². The fourth-order valence-electron chi connectivity index (χ4n) is 4.56. The first-order chi connectivity index (χ1) is 17.9. The summed E-state index contributed by atoms with van der Waals surface area (Å²) in [5.41, 5.74) is 3.73. The molecule has 3 heterocycles. The van der Waals surface area contributed by atoms with Crippen LogP contribution in [0.3, 0.4) is 0 Å². The highest BCUT2D eigenvalue weighted by atomic mass is 16.6. The lowest BCUT2D eigenvalue weighted by Gasteiger charge is -2.20. The third-order valence-electron chi connectivity index (χ3n) is 6.74. The fourth-order valence-corrected chi connectivity index (χ4v) is 4.56. The summed E-state index contributed by atoms with van der Waals surface area (Å²) in [5.74, 6) is 1.70. The van der Waals surface area contributed by atoms with Crippen molar-refractivity contribution in [1.82, 2.24) is 15.1 Å². The van der Waals surface area contributed by atoms with Gasteiger partial charge in [-0.05, 0) is 50.5 Å². The van der Waals surface area contributed by atoms with Gasteiger partial charge in [0.2, 0.25) is 0 Å². The van der Waals surface area contributed by atoms with E-state index in [4.69, 9.17) is 9.26 Å². The average molecular weight is 498 g/mol. The van der Waals surface area contributed by atoms with Crippen molar-refractivity contribution in [2.45, 2.75) is 44.2 Å². The van der Waals surface area contributed by atoms with Crippen molar-refractivity contribution in [1.29, 1.82) is 0 Å². The average Bonchev–Trinajstić information content (AvgIpc) is 3.58. The van der Waals surface area contributed by atoms with Crippen molar-refractivity contribution < 1.29 is 19.2 Å². The Kier molecular flexibility index (Phi) is 5.64. The number of fused-ring (bicyclic) bond motifs is 1. The highest BCUT2D eigenvalue weighted by molar-refractivity contribution is 5.95. The number of anilines is 3. The van der Waals surface area contributed by atoms with Gasteiger partial charge in [0.25, 0.3) is 5.89 Å². The molecule has 0 spiro atoms. The van der Waals surface area contributed by atoms with Crippen LogP contribution in [0.15, 0.2) is 65.3 Å². The van der Waals surface area contributed by atoms with Crippen LogP contribution in [0.2, 0.25) is 0 Å². The molecule has 9 nitrogen and oxygen atoms in total. The third kappa shape index (κ3) is 4.53. The number of carbonyl (C=O) groups excluding carboxylic acids is 1. The van der Waals surface area contributed by atoms with E-state index in [0.29, 0.717) is 40.3 Å². The number of benzene rings is 2. The number of rotatable bonds is 8. The SMILES string of the molecule is CC1(C)OC(=O)c2ccc(Nc3cc(NC(CO)c4ccccc4)c(-c4nc(C5CC5)no4)cn3)cc21. The molecule has 0 amide bonds. The number of cyclic esters (lactones) is 1. The van der Waals surface area contributed by atoms with Crippen LogP contribution in [0.1, 0.15) is 66.0 Å². The van der Waals surface area contributed by atoms with Crippen LogP contribution in [0.25, 0.3) is 11.5 Å². The highest BCUT2D eigenvalue weighted by Gasteiger charge is 2.37. The van der Waals surface area contributed by atoms with Crippen molar-refractivity contribution in [3.63, 3.8) is 0 Å². The van der Waals surface area contributed by atoms with Crippen molar-refractivity contribution in [3.05, 3.63) is 83.3 Å². The Labute approximate surface area is 213 Å². The second-order valence-corrected chi connectivity index (χ2v) is 9.92. The number of nitrogens with one attached hydrogen (secondary N) is 2. The highest BCUT2D eigenvalue weighted by Crippen LogP contribution is 2.40. The summed E-state index contributed by atoms with van der Waals surface area (Å²) in [6, 6.07) is 16.7. The predicted molar refractivity (Wildman–Crippen MR) is 138 cm³/mol.